The maximum Gasteiger partial charge on any atom is 0.228 e. The molecule has 4 rings (SSSR count). The van der Waals surface area contributed by atoms with Crippen LogP contribution in [-0.4, -0.2) is 44.9 Å². The average Bonchev–Trinajstić information content (AvgIpc) is 3.35. The van der Waals surface area contributed by atoms with Crippen molar-refractivity contribution in [3.8, 4) is 28.8 Å². The maximum atomic E-state index is 12.8. The number of methoxy groups -OCH3 is 1. The van der Waals surface area contributed by atoms with Crippen LogP contribution in [-0.2, 0) is 11.2 Å². The van der Waals surface area contributed by atoms with Crippen molar-refractivity contribution < 1.29 is 28.7 Å². The zero-order chi connectivity index (χ0) is 25.7. The molecule has 0 bridgehead atoms. The number of nitrogens with one attached hydrogen (secondary N) is 1. The smallest absolute Gasteiger partial charge is 0.228 e. The summed E-state index contributed by atoms with van der Waals surface area (Å²) in [6, 6.07) is 11.0. The number of hydrogen-bond donors (Lipinski definition) is 3. The van der Waals surface area contributed by atoms with Gasteiger partial charge in [-0.2, -0.15) is 4.98 Å². The zero-order valence-corrected chi connectivity index (χ0v) is 19.6. The Labute approximate surface area is 205 Å². The Kier molecular flexibility index (Phi) is 7.28. The van der Waals surface area contributed by atoms with Crippen LogP contribution in [0.15, 0.2) is 62.4 Å². The number of ether oxygens (including phenoxy) is 1. The number of pyridine rings is 1. The second-order valence-corrected chi connectivity index (χ2v) is 7.95. The number of aryl methyl sites for hydroxylation is 1. The molecule has 0 aliphatic rings. The molecular formula is C25H24N4O7. The predicted octanol–water partition coefficient (Wildman–Crippen LogP) is 2.69. The summed E-state index contributed by atoms with van der Waals surface area (Å²) >= 11 is 0. The molecule has 1 aromatic carbocycles. The van der Waals surface area contributed by atoms with Crippen LogP contribution in [0.1, 0.15) is 35.3 Å². The molecule has 0 aliphatic heterocycles. The predicted molar refractivity (Wildman–Crippen MR) is 127 cm³/mol. The van der Waals surface area contributed by atoms with E-state index in [4.69, 9.17) is 13.7 Å². The number of nitrogens with zero attached hydrogens (tertiary/aromatic N) is 3. The van der Waals surface area contributed by atoms with E-state index < -0.39 is 17.1 Å². The number of phenols is 1. The number of benzene rings is 1. The van der Waals surface area contributed by atoms with Gasteiger partial charge >= 0.3 is 0 Å². The van der Waals surface area contributed by atoms with Crippen molar-refractivity contribution in [2.75, 3.05) is 13.7 Å². The van der Waals surface area contributed by atoms with Gasteiger partial charge in [0.15, 0.2) is 17.3 Å². The summed E-state index contributed by atoms with van der Waals surface area (Å²) in [6.45, 7) is 1.78. The summed E-state index contributed by atoms with van der Waals surface area (Å²) in [5.41, 5.74) is 0.453. The molecule has 11 heteroatoms. The van der Waals surface area contributed by atoms with Crippen LogP contribution in [0.4, 0.5) is 0 Å². The topological polar surface area (TPSA) is 161 Å². The zero-order valence-electron chi connectivity index (χ0n) is 19.6. The van der Waals surface area contributed by atoms with Crippen LogP contribution in [0.5, 0.6) is 17.2 Å². The van der Waals surface area contributed by atoms with Crippen LogP contribution >= 0.6 is 0 Å². The molecule has 0 aliphatic carbocycles. The summed E-state index contributed by atoms with van der Waals surface area (Å²) < 4.78 is 16.1. The number of rotatable bonds is 9. The van der Waals surface area contributed by atoms with Crippen molar-refractivity contribution in [1.82, 2.24) is 20.4 Å². The summed E-state index contributed by atoms with van der Waals surface area (Å²) in [7, 11) is 1.39. The number of hydrogen-bond acceptors (Lipinski definition) is 10. The molecule has 11 nitrogen and oxygen atoms in total. The first-order valence-electron chi connectivity index (χ1n) is 11.1. The Morgan fingerprint density at radius 2 is 2.03 bits per heavy atom. The number of aromatic hydroxyl groups is 2. The van der Waals surface area contributed by atoms with Gasteiger partial charge in [0, 0.05) is 31.6 Å². The van der Waals surface area contributed by atoms with Gasteiger partial charge in [-0.3, -0.25) is 14.6 Å². The van der Waals surface area contributed by atoms with Gasteiger partial charge < -0.3 is 29.2 Å². The molecule has 0 saturated carbocycles. The first-order valence-corrected chi connectivity index (χ1v) is 11.1. The number of aromatic nitrogens is 3. The molecular weight excluding hydrogens is 468 g/mol. The van der Waals surface area contributed by atoms with Gasteiger partial charge in [-0.1, -0.05) is 17.3 Å². The SMILES string of the molecule is COc1cc([C@@H](CC(=O)NCCc2nc(-c3ccccn3)no2)c2oc(C)cc(=O)c2O)ccc1O. The Hall–Kier alpha value is -4.67. The Bertz CT molecular complexity index is 1420. The fourth-order valence-corrected chi connectivity index (χ4v) is 3.66. The molecule has 3 heterocycles. The van der Waals surface area contributed by atoms with E-state index in [1.807, 2.05) is 6.07 Å². The van der Waals surface area contributed by atoms with Crippen molar-refractivity contribution in [3.63, 3.8) is 0 Å². The van der Waals surface area contributed by atoms with Crippen molar-refractivity contribution in [2.45, 2.75) is 25.7 Å². The second-order valence-electron chi connectivity index (χ2n) is 7.95. The second kappa shape index (κ2) is 10.7. The van der Waals surface area contributed by atoms with E-state index in [1.165, 1.54) is 19.2 Å². The van der Waals surface area contributed by atoms with Crippen LogP contribution < -0.4 is 15.5 Å². The largest absolute Gasteiger partial charge is 0.504 e. The van der Waals surface area contributed by atoms with E-state index in [9.17, 15) is 19.8 Å². The molecule has 3 aromatic heterocycles. The molecule has 0 fully saturated rings. The van der Waals surface area contributed by atoms with Crippen LogP contribution in [0.2, 0.25) is 0 Å². The average molecular weight is 492 g/mol. The highest BCUT2D eigenvalue weighted by Crippen LogP contribution is 2.37. The number of amides is 1. The van der Waals surface area contributed by atoms with Crippen molar-refractivity contribution >= 4 is 5.91 Å². The summed E-state index contributed by atoms with van der Waals surface area (Å²) in [4.78, 5) is 33.5. The fourth-order valence-electron chi connectivity index (χ4n) is 3.66. The molecule has 1 amide bonds. The molecule has 3 N–H and O–H groups in total. The third-order valence-corrected chi connectivity index (χ3v) is 5.41. The van der Waals surface area contributed by atoms with Crippen molar-refractivity contribution in [2.24, 2.45) is 0 Å². The minimum absolute atomic E-state index is 0.0557. The number of carbonyl (C=O) groups excluding carboxylic acids is 1. The summed E-state index contributed by atoms with van der Waals surface area (Å²) in [6.07, 6.45) is 1.75. The highest BCUT2D eigenvalue weighted by Gasteiger charge is 2.26. The number of carbonyl (C=O) groups is 1. The van der Waals surface area contributed by atoms with E-state index in [2.05, 4.69) is 20.4 Å². The summed E-state index contributed by atoms with van der Waals surface area (Å²) in [5.74, 6) is -0.800. The Balaban J connectivity index is 1.49. The fraction of sp³-hybridized carbons (Fsp3) is 0.240. The highest BCUT2D eigenvalue weighted by atomic mass is 16.5. The van der Waals surface area contributed by atoms with Crippen LogP contribution in [0.3, 0.4) is 0 Å². The molecule has 0 unspecified atom stereocenters. The van der Waals surface area contributed by atoms with Crippen molar-refractivity contribution in [1.29, 1.82) is 0 Å². The lowest BCUT2D eigenvalue weighted by molar-refractivity contribution is -0.121. The third-order valence-electron chi connectivity index (χ3n) is 5.41. The number of phenolic OH excluding ortho intramolecular Hbond substituents is 1. The van der Waals surface area contributed by atoms with Gasteiger partial charge in [-0.25, -0.2) is 0 Å². The first-order chi connectivity index (χ1) is 17.4. The van der Waals surface area contributed by atoms with Crippen LogP contribution in [0, 0.1) is 6.92 Å². The van der Waals surface area contributed by atoms with Gasteiger partial charge in [0.2, 0.25) is 28.8 Å². The van der Waals surface area contributed by atoms with Gasteiger partial charge in [0.05, 0.1) is 13.0 Å². The quantitative estimate of drug-likeness (QED) is 0.317. The van der Waals surface area contributed by atoms with Crippen LogP contribution in [0.25, 0.3) is 11.5 Å². The first kappa shape index (κ1) is 24.5. The summed E-state index contributed by atoms with van der Waals surface area (Å²) in [5, 5.41) is 27.0. The monoisotopic (exact) mass is 492 g/mol. The minimum Gasteiger partial charge on any atom is -0.504 e. The molecule has 0 spiro atoms. The minimum atomic E-state index is -0.828. The lowest BCUT2D eigenvalue weighted by Crippen LogP contribution is -2.27. The van der Waals surface area contributed by atoms with E-state index >= 15 is 0 Å². The lowest BCUT2D eigenvalue weighted by Gasteiger charge is -2.18. The molecule has 4 aromatic rings. The van der Waals surface area contributed by atoms with Gasteiger partial charge in [-0.05, 0) is 36.8 Å². The highest BCUT2D eigenvalue weighted by molar-refractivity contribution is 5.77. The molecule has 0 radical (unpaired) electrons. The van der Waals surface area contributed by atoms with Crippen molar-refractivity contribution in [3.05, 3.63) is 81.9 Å². The lowest BCUT2D eigenvalue weighted by atomic mass is 9.91. The molecule has 186 valence electrons. The normalized spacial score (nSPS) is 11.7. The van der Waals surface area contributed by atoms with Gasteiger partial charge in [-0.15, -0.1) is 0 Å². The Morgan fingerprint density at radius 3 is 2.78 bits per heavy atom. The van der Waals surface area contributed by atoms with E-state index in [1.54, 1.807) is 31.3 Å². The van der Waals surface area contributed by atoms with E-state index in [-0.39, 0.29) is 48.3 Å². The molecule has 1 atom stereocenters. The molecule has 36 heavy (non-hydrogen) atoms. The van der Waals surface area contributed by atoms with E-state index in [0.29, 0.717) is 23.0 Å². The van der Waals surface area contributed by atoms with E-state index in [0.717, 1.165) is 6.07 Å². The third kappa shape index (κ3) is 5.52. The molecule has 0 saturated heterocycles. The Morgan fingerprint density at radius 1 is 1.19 bits per heavy atom. The standard InChI is InChI=1S/C25H24N4O7/c1-14-11-19(31)23(33)24(35-14)16(15-6-7-18(30)20(12-15)34-2)13-21(32)27-10-8-22-28-25(29-36-22)17-5-3-4-9-26-17/h3-7,9,11-12,16,30,33H,8,10,13H2,1-2H3,(H,27,32)/t16-/m1/s1. The maximum absolute atomic E-state index is 12.8. The van der Waals surface area contributed by atoms with Gasteiger partial charge in [0.1, 0.15) is 11.5 Å². The van der Waals surface area contributed by atoms with Gasteiger partial charge in [0.25, 0.3) is 0 Å².